The van der Waals surface area contributed by atoms with Gasteiger partial charge >= 0.3 is 0 Å². The molecule has 2 aromatic rings. The van der Waals surface area contributed by atoms with E-state index >= 15 is 0 Å². The molecule has 1 atom stereocenters. The van der Waals surface area contributed by atoms with Crippen molar-refractivity contribution in [3.63, 3.8) is 0 Å². The summed E-state index contributed by atoms with van der Waals surface area (Å²) in [6.07, 6.45) is 3.58. The van der Waals surface area contributed by atoms with E-state index in [-0.39, 0.29) is 6.61 Å². The van der Waals surface area contributed by atoms with Crippen molar-refractivity contribution < 1.29 is 9.53 Å². The summed E-state index contributed by atoms with van der Waals surface area (Å²) < 4.78 is 5.49. The molecule has 0 radical (unpaired) electrons. The van der Waals surface area contributed by atoms with E-state index in [4.69, 9.17) is 10.5 Å². The van der Waals surface area contributed by atoms with Gasteiger partial charge in [-0.15, -0.1) is 0 Å². The average molecular weight is 338 g/mol. The molecule has 1 amide bonds. The number of amides is 1. The summed E-state index contributed by atoms with van der Waals surface area (Å²) in [4.78, 5) is 13.5. The predicted octanol–water partition coefficient (Wildman–Crippen LogP) is 2.97. The van der Waals surface area contributed by atoms with Crippen LogP contribution in [0, 0.1) is 0 Å². The van der Waals surface area contributed by atoms with Gasteiger partial charge in [0.05, 0.1) is 0 Å². The van der Waals surface area contributed by atoms with Gasteiger partial charge in [-0.05, 0) is 55.6 Å². The lowest BCUT2D eigenvalue weighted by Crippen LogP contribution is -2.26. The number of carbonyl (C=O) groups is 1. The molecule has 1 saturated heterocycles. The van der Waals surface area contributed by atoms with Crippen molar-refractivity contribution in [3.8, 4) is 5.75 Å². The number of nitrogens with zero attached hydrogens (tertiary/aromatic N) is 1. The van der Waals surface area contributed by atoms with E-state index in [1.807, 2.05) is 18.2 Å². The number of benzene rings is 2. The lowest BCUT2D eigenvalue weighted by molar-refractivity contribution is -0.119. The third-order valence-corrected chi connectivity index (χ3v) is 4.71. The quantitative estimate of drug-likeness (QED) is 0.805. The van der Waals surface area contributed by atoms with E-state index < -0.39 is 5.91 Å². The molecule has 1 fully saturated rings. The molecule has 0 spiro atoms. The highest BCUT2D eigenvalue weighted by atomic mass is 16.5. The molecule has 2 aromatic carbocycles. The normalized spacial score (nSPS) is 15.8. The summed E-state index contributed by atoms with van der Waals surface area (Å²) >= 11 is 0. The minimum Gasteiger partial charge on any atom is -0.484 e. The van der Waals surface area contributed by atoms with Crippen molar-refractivity contribution in [1.82, 2.24) is 4.90 Å². The fourth-order valence-corrected chi connectivity index (χ4v) is 3.48. The zero-order valence-corrected chi connectivity index (χ0v) is 14.6. The van der Waals surface area contributed by atoms with E-state index in [2.05, 4.69) is 41.3 Å². The monoisotopic (exact) mass is 338 g/mol. The lowest BCUT2D eigenvalue weighted by atomic mass is 9.91. The fourth-order valence-electron chi connectivity index (χ4n) is 3.48. The van der Waals surface area contributed by atoms with Gasteiger partial charge in [0.1, 0.15) is 5.75 Å². The molecule has 0 aliphatic carbocycles. The lowest BCUT2D eigenvalue weighted by Gasteiger charge is -2.24. The maximum Gasteiger partial charge on any atom is 0.255 e. The minimum absolute atomic E-state index is 0.0844. The molecule has 1 unspecified atom stereocenters. The number of hydrogen-bond acceptors (Lipinski definition) is 3. The van der Waals surface area contributed by atoms with Crippen LogP contribution in [0.4, 0.5) is 0 Å². The third kappa shape index (κ3) is 5.33. The second-order valence-corrected chi connectivity index (χ2v) is 6.72. The number of hydrogen-bond donors (Lipinski definition) is 1. The SMILES string of the molecule is NC(=O)COc1cccc(C(Cc2ccccc2)CN2CCCC2)c1. The van der Waals surface area contributed by atoms with Crippen LogP contribution in [0.2, 0.25) is 0 Å². The summed E-state index contributed by atoms with van der Waals surface area (Å²) in [5.74, 6) is 0.650. The zero-order valence-electron chi connectivity index (χ0n) is 14.6. The van der Waals surface area contributed by atoms with Crippen molar-refractivity contribution in [2.75, 3.05) is 26.2 Å². The molecule has 132 valence electrons. The first kappa shape index (κ1) is 17.5. The van der Waals surface area contributed by atoms with E-state index in [1.54, 1.807) is 0 Å². The number of ether oxygens (including phenoxy) is 1. The first-order valence-electron chi connectivity index (χ1n) is 8.98. The number of rotatable bonds is 8. The maximum absolute atomic E-state index is 11.0. The first-order chi connectivity index (χ1) is 12.2. The van der Waals surface area contributed by atoms with Gasteiger partial charge in [0.15, 0.2) is 6.61 Å². The van der Waals surface area contributed by atoms with Gasteiger partial charge in [-0.2, -0.15) is 0 Å². The Morgan fingerprint density at radius 3 is 2.56 bits per heavy atom. The van der Waals surface area contributed by atoms with E-state index in [0.29, 0.717) is 11.7 Å². The van der Waals surface area contributed by atoms with Gasteiger partial charge in [0.25, 0.3) is 5.91 Å². The third-order valence-electron chi connectivity index (χ3n) is 4.71. The van der Waals surface area contributed by atoms with Gasteiger partial charge in [0.2, 0.25) is 0 Å². The van der Waals surface area contributed by atoms with Crippen LogP contribution in [0.15, 0.2) is 54.6 Å². The molecule has 3 rings (SSSR count). The molecule has 4 heteroatoms. The molecule has 2 N–H and O–H groups in total. The van der Waals surface area contributed by atoms with Gasteiger partial charge < -0.3 is 15.4 Å². The number of primary amides is 1. The molecule has 0 bridgehead atoms. The molecule has 1 heterocycles. The summed E-state index contributed by atoms with van der Waals surface area (Å²) in [5, 5.41) is 0. The Hall–Kier alpha value is -2.33. The highest BCUT2D eigenvalue weighted by Crippen LogP contribution is 2.27. The van der Waals surface area contributed by atoms with Crippen LogP contribution in [0.3, 0.4) is 0 Å². The second kappa shape index (κ2) is 8.67. The van der Waals surface area contributed by atoms with Crippen molar-refractivity contribution in [2.24, 2.45) is 5.73 Å². The largest absolute Gasteiger partial charge is 0.484 e. The van der Waals surface area contributed by atoms with Crippen LogP contribution in [-0.2, 0) is 11.2 Å². The van der Waals surface area contributed by atoms with E-state index in [1.165, 1.54) is 37.1 Å². The maximum atomic E-state index is 11.0. The minimum atomic E-state index is -0.455. The van der Waals surface area contributed by atoms with Crippen LogP contribution in [-0.4, -0.2) is 37.0 Å². The molecule has 25 heavy (non-hydrogen) atoms. The van der Waals surface area contributed by atoms with Crippen LogP contribution in [0.25, 0.3) is 0 Å². The molecular weight excluding hydrogens is 312 g/mol. The number of carbonyl (C=O) groups excluding carboxylic acids is 1. The van der Waals surface area contributed by atoms with E-state index in [9.17, 15) is 4.79 Å². The second-order valence-electron chi connectivity index (χ2n) is 6.72. The molecule has 4 nitrogen and oxygen atoms in total. The van der Waals surface area contributed by atoms with Gasteiger partial charge in [-0.3, -0.25) is 4.79 Å². The summed E-state index contributed by atoms with van der Waals surface area (Å²) in [7, 11) is 0. The van der Waals surface area contributed by atoms with Crippen LogP contribution in [0.1, 0.15) is 29.9 Å². The highest BCUT2D eigenvalue weighted by molar-refractivity contribution is 5.75. The standard InChI is InChI=1S/C21H26N2O2/c22-21(24)16-25-20-10-6-9-18(14-20)19(15-23-11-4-5-12-23)13-17-7-2-1-3-8-17/h1-3,6-10,14,19H,4-5,11-13,15-16H2,(H2,22,24). The highest BCUT2D eigenvalue weighted by Gasteiger charge is 2.20. The summed E-state index contributed by atoms with van der Waals surface area (Å²) in [6.45, 7) is 3.33. The summed E-state index contributed by atoms with van der Waals surface area (Å²) in [5.41, 5.74) is 7.77. The average Bonchev–Trinajstić information content (AvgIpc) is 3.14. The molecular formula is C21H26N2O2. The molecule has 0 saturated carbocycles. The Labute approximate surface area is 149 Å². The van der Waals surface area contributed by atoms with Crippen molar-refractivity contribution in [1.29, 1.82) is 0 Å². The molecule has 1 aliphatic rings. The number of likely N-dealkylation sites (tertiary alicyclic amines) is 1. The predicted molar refractivity (Wildman–Crippen MR) is 99.7 cm³/mol. The van der Waals surface area contributed by atoms with Crippen LogP contribution in [0.5, 0.6) is 5.75 Å². The van der Waals surface area contributed by atoms with E-state index in [0.717, 1.165) is 13.0 Å². The Kier molecular flexibility index (Phi) is 6.07. The van der Waals surface area contributed by atoms with Gasteiger partial charge in [-0.1, -0.05) is 42.5 Å². The summed E-state index contributed by atoms with van der Waals surface area (Å²) in [6, 6.07) is 18.7. The van der Waals surface area contributed by atoms with Gasteiger partial charge in [-0.25, -0.2) is 0 Å². The van der Waals surface area contributed by atoms with Crippen LogP contribution < -0.4 is 10.5 Å². The fraction of sp³-hybridized carbons (Fsp3) is 0.381. The first-order valence-corrected chi connectivity index (χ1v) is 8.98. The Balaban J connectivity index is 1.77. The smallest absolute Gasteiger partial charge is 0.255 e. The Bertz CT molecular complexity index is 681. The van der Waals surface area contributed by atoms with Gasteiger partial charge in [0, 0.05) is 12.5 Å². The molecule has 1 aliphatic heterocycles. The zero-order chi connectivity index (χ0) is 17.5. The number of nitrogens with two attached hydrogens (primary N) is 1. The van der Waals surface area contributed by atoms with Crippen molar-refractivity contribution >= 4 is 5.91 Å². The Morgan fingerprint density at radius 2 is 1.84 bits per heavy atom. The Morgan fingerprint density at radius 1 is 1.08 bits per heavy atom. The molecule has 0 aromatic heterocycles. The van der Waals surface area contributed by atoms with Crippen molar-refractivity contribution in [3.05, 3.63) is 65.7 Å². The van der Waals surface area contributed by atoms with Crippen LogP contribution >= 0.6 is 0 Å². The topological polar surface area (TPSA) is 55.6 Å². The van der Waals surface area contributed by atoms with Crippen molar-refractivity contribution in [2.45, 2.75) is 25.2 Å².